The van der Waals surface area contributed by atoms with Crippen molar-refractivity contribution in [2.75, 3.05) is 0 Å². The highest BCUT2D eigenvalue weighted by atomic mass is 19.1. The van der Waals surface area contributed by atoms with Crippen LogP contribution < -0.4 is 0 Å². The fourth-order valence-corrected chi connectivity index (χ4v) is 1.78. The molecule has 0 bridgehead atoms. The van der Waals surface area contributed by atoms with E-state index in [0.717, 1.165) is 30.4 Å². The normalized spacial score (nSPS) is 10.5. The molecule has 0 N–H and O–H groups in total. The van der Waals surface area contributed by atoms with Crippen LogP contribution in [0.15, 0.2) is 6.07 Å². The topological polar surface area (TPSA) is 0 Å². The first-order chi connectivity index (χ1) is 6.24. The first-order valence-electron chi connectivity index (χ1n) is 4.95. The summed E-state index contributed by atoms with van der Waals surface area (Å²) in [4.78, 5) is 0. The predicted molar refractivity (Wildman–Crippen MR) is 53.4 cm³/mol. The van der Waals surface area contributed by atoms with E-state index in [-0.39, 0.29) is 5.82 Å². The molecule has 0 aliphatic carbocycles. The van der Waals surface area contributed by atoms with E-state index in [4.69, 9.17) is 0 Å². The molecule has 0 atom stereocenters. The van der Waals surface area contributed by atoms with Gasteiger partial charge in [-0.25, -0.2) is 4.39 Å². The van der Waals surface area contributed by atoms with Crippen molar-refractivity contribution in [1.29, 1.82) is 0 Å². The molecule has 0 aromatic heterocycles. The van der Waals surface area contributed by atoms with E-state index in [0.29, 0.717) is 0 Å². The molecular weight excluding hydrogens is 163 g/mol. The number of benzene rings is 1. The van der Waals surface area contributed by atoms with Crippen LogP contribution in [0, 0.1) is 11.9 Å². The molecule has 1 aromatic rings. The van der Waals surface area contributed by atoms with Gasteiger partial charge in [0.05, 0.1) is 0 Å². The third-order valence-electron chi connectivity index (χ3n) is 2.45. The van der Waals surface area contributed by atoms with Crippen LogP contribution in [0.4, 0.5) is 4.39 Å². The fourth-order valence-electron chi connectivity index (χ4n) is 1.78. The Kier molecular flexibility index (Phi) is 3.47. The molecule has 0 saturated carbocycles. The summed E-state index contributed by atoms with van der Waals surface area (Å²) >= 11 is 0. The van der Waals surface area contributed by atoms with Crippen molar-refractivity contribution >= 4 is 0 Å². The Bertz CT molecular complexity index is 289. The molecule has 0 aliphatic rings. The number of halogens is 1. The number of aryl methyl sites for hydroxylation is 1. The van der Waals surface area contributed by atoms with E-state index in [9.17, 15) is 4.39 Å². The Balaban J connectivity index is 3.27. The molecule has 0 heterocycles. The van der Waals surface area contributed by atoms with Gasteiger partial charge in [0, 0.05) is 0 Å². The monoisotopic (exact) mass is 179 g/mol. The Labute approximate surface area is 79.8 Å². The molecule has 1 aromatic carbocycles. The third kappa shape index (κ3) is 1.90. The average molecular weight is 179 g/mol. The maximum atomic E-state index is 13.3. The number of rotatable bonds is 3. The van der Waals surface area contributed by atoms with E-state index in [1.165, 1.54) is 11.6 Å². The largest absolute Gasteiger partial charge is 0.207 e. The molecule has 71 valence electrons. The summed E-state index contributed by atoms with van der Waals surface area (Å²) in [5.41, 5.74) is 3.20. The van der Waals surface area contributed by atoms with Crippen molar-refractivity contribution < 1.29 is 4.39 Å². The van der Waals surface area contributed by atoms with Gasteiger partial charge in [-0.3, -0.25) is 0 Å². The minimum Gasteiger partial charge on any atom is -0.207 e. The number of hydrogen-bond acceptors (Lipinski definition) is 0. The zero-order chi connectivity index (χ0) is 9.84. The average Bonchev–Trinajstić information content (AvgIpc) is 2.17. The molecule has 0 aliphatic heterocycles. The molecule has 0 nitrogen and oxygen atoms in total. The molecule has 0 fully saturated rings. The second-order valence-electron chi connectivity index (χ2n) is 3.13. The summed E-state index contributed by atoms with van der Waals surface area (Å²) in [6.07, 6.45) is 2.62. The van der Waals surface area contributed by atoms with Gasteiger partial charge in [-0.1, -0.05) is 20.8 Å². The fraction of sp³-hybridized carbons (Fsp3) is 0.500. The molecule has 0 amide bonds. The predicted octanol–water partition coefficient (Wildman–Crippen LogP) is 3.31. The van der Waals surface area contributed by atoms with Crippen LogP contribution in [0.2, 0.25) is 0 Å². The molecule has 1 heteroatoms. The maximum Gasteiger partial charge on any atom is 0.127 e. The highest BCUT2D eigenvalue weighted by Gasteiger charge is 2.09. The molecule has 1 radical (unpaired) electrons. The van der Waals surface area contributed by atoms with Crippen LogP contribution in [0.1, 0.15) is 37.5 Å². The first kappa shape index (κ1) is 10.2. The first-order valence-corrected chi connectivity index (χ1v) is 4.95. The van der Waals surface area contributed by atoms with Crippen LogP contribution in [-0.4, -0.2) is 0 Å². The quantitative estimate of drug-likeness (QED) is 0.667. The van der Waals surface area contributed by atoms with Gasteiger partial charge in [-0.15, -0.1) is 0 Å². The van der Waals surface area contributed by atoms with Crippen LogP contribution in [0.3, 0.4) is 0 Å². The SMILES string of the molecule is CCc1[c]cc(F)c(CC)c1CC. The van der Waals surface area contributed by atoms with Crippen LogP contribution in [0.25, 0.3) is 0 Å². The van der Waals surface area contributed by atoms with Crippen molar-refractivity contribution in [3.8, 4) is 0 Å². The van der Waals surface area contributed by atoms with Gasteiger partial charge in [-0.05, 0) is 48.1 Å². The van der Waals surface area contributed by atoms with Crippen molar-refractivity contribution in [2.45, 2.75) is 40.0 Å². The molecule has 0 spiro atoms. The summed E-state index contributed by atoms with van der Waals surface area (Å²) in [7, 11) is 0. The van der Waals surface area contributed by atoms with Crippen LogP contribution >= 0.6 is 0 Å². The van der Waals surface area contributed by atoms with E-state index in [1.54, 1.807) is 0 Å². The Morgan fingerprint density at radius 1 is 1.08 bits per heavy atom. The summed E-state index contributed by atoms with van der Waals surface area (Å²) in [6, 6.07) is 4.47. The molecular formula is C12H16F. The molecule has 0 saturated heterocycles. The lowest BCUT2D eigenvalue weighted by molar-refractivity contribution is 0.607. The summed E-state index contributed by atoms with van der Waals surface area (Å²) < 4.78 is 13.3. The Morgan fingerprint density at radius 2 is 1.69 bits per heavy atom. The zero-order valence-electron chi connectivity index (χ0n) is 8.58. The van der Waals surface area contributed by atoms with Gasteiger partial charge in [0.15, 0.2) is 0 Å². The molecule has 0 unspecified atom stereocenters. The minimum absolute atomic E-state index is 0.100. The van der Waals surface area contributed by atoms with Crippen molar-refractivity contribution in [3.05, 3.63) is 34.6 Å². The summed E-state index contributed by atoms with van der Waals surface area (Å²) in [5, 5.41) is 0. The van der Waals surface area contributed by atoms with Crippen molar-refractivity contribution in [1.82, 2.24) is 0 Å². The van der Waals surface area contributed by atoms with Gasteiger partial charge >= 0.3 is 0 Å². The Hall–Kier alpha value is -0.850. The van der Waals surface area contributed by atoms with Gasteiger partial charge in [0.1, 0.15) is 5.82 Å². The Morgan fingerprint density at radius 3 is 2.15 bits per heavy atom. The van der Waals surface area contributed by atoms with E-state index >= 15 is 0 Å². The van der Waals surface area contributed by atoms with Crippen molar-refractivity contribution in [3.63, 3.8) is 0 Å². The lowest BCUT2D eigenvalue weighted by Gasteiger charge is -2.11. The smallest absolute Gasteiger partial charge is 0.127 e. The highest BCUT2D eigenvalue weighted by Crippen LogP contribution is 2.19. The minimum atomic E-state index is -0.100. The van der Waals surface area contributed by atoms with Gasteiger partial charge in [0.25, 0.3) is 0 Å². The third-order valence-corrected chi connectivity index (χ3v) is 2.45. The van der Waals surface area contributed by atoms with E-state index < -0.39 is 0 Å². The van der Waals surface area contributed by atoms with E-state index in [1.807, 2.05) is 6.92 Å². The van der Waals surface area contributed by atoms with Crippen molar-refractivity contribution in [2.24, 2.45) is 0 Å². The lowest BCUT2D eigenvalue weighted by Crippen LogP contribution is -2.00. The van der Waals surface area contributed by atoms with E-state index in [2.05, 4.69) is 19.9 Å². The van der Waals surface area contributed by atoms with Crippen LogP contribution in [-0.2, 0) is 19.3 Å². The molecule has 1 rings (SSSR count). The standard InChI is InChI=1S/C12H16F/c1-4-9-7-8-12(13)11(6-3)10(9)5-2/h8H,4-6H2,1-3H3. The van der Waals surface area contributed by atoms with Gasteiger partial charge < -0.3 is 0 Å². The highest BCUT2D eigenvalue weighted by molar-refractivity contribution is 5.35. The summed E-state index contributed by atoms with van der Waals surface area (Å²) in [5.74, 6) is -0.100. The number of hydrogen-bond donors (Lipinski definition) is 0. The summed E-state index contributed by atoms with van der Waals surface area (Å²) in [6.45, 7) is 6.15. The second-order valence-corrected chi connectivity index (χ2v) is 3.13. The second kappa shape index (κ2) is 4.40. The van der Waals surface area contributed by atoms with Gasteiger partial charge in [0.2, 0.25) is 0 Å². The van der Waals surface area contributed by atoms with Crippen LogP contribution in [0.5, 0.6) is 0 Å². The zero-order valence-corrected chi connectivity index (χ0v) is 8.58. The lowest BCUT2D eigenvalue weighted by atomic mass is 9.95. The maximum absolute atomic E-state index is 13.3. The molecule has 13 heavy (non-hydrogen) atoms. The van der Waals surface area contributed by atoms with Gasteiger partial charge in [-0.2, -0.15) is 0 Å².